The van der Waals surface area contributed by atoms with Crippen molar-refractivity contribution in [3.8, 4) is 5.75 Å². The van der Waals surface area contributed by atoms with Crippen LogP contribution in [0.3, 0.4) is 0 Å². The monoisotopic (exact) mass is 319 g/mol. The highest BCUT2D eigenvalue weighted by Gasteiger charge is 2.25. The van der Waals surface area contributed by atoms with Crippen molar-refractivity contribution >= 4 is 11.6 Å². The standard InChI is InChI=1S/C18H29N3O2/c1-4-13(2)17(19)18(22)20-14-7-6-10-21(12-14)15-8-5-9-16(11-15)23-3/h5,8-9,11,13-14,17H,4,6-7,10,12,19H2,1-3H3,(H,20,22). The summed E-state index contributed by atoms with van der Waals surface area (Å²) in [4.78, 5) is 14.6. The van der Waals surface area contributed by atoms with E-state index in [0.717, 1.165) is 43.8 Å². The molecule has 1 aromatic rings. The highest BCUT2D eigenvalue weighted by molar-refractivity contribution is 5.82. The van der Waals surface area contributed by atoms with Crippen LogP contribution in [0.5, 0.6) is 5.75 Å². The Balaban J connectivity index is 1.96. The first-order valence-electron chi connectivity index (χ1n) is 8.50. The van der Waals surface area contributed by atoms with Gasteiger partial charge in [0.15, 0.2) is 0 Å². The van der Waals surface area contributed by atoms with Crippen molar-refractivity contribution in [2.24, 2.45) is 11.7 Å². The summed E-state index contributed by atoms with van der Waals surface area (Å²) >= 11 is 0. The van der Waals surface area contributed by atoms with Crippen molar-refractivity contribution in [2.75, 3.05) is 25.1 Å². The van der Waals surface area contributed by atoms with Crippen molar-refractivity contribution in [1.82, 2.24) is 5.32 Å². The molecular weight excluding hydrogens is 290 g/mol. The molecule has 128 valence electrons. The lowest BCUT2D eigenvalue weighted by atomic mass is 9.98. The maximum Gasteiger partial charge on any atom is 0.237 e. The largest absolute Gasteiger partial charge is 0.497 e. The molecule has 3 N–H and O–H groups in total. The zero-order chi connectivity index (χ0) is 16.8. The number of nitrogens with two attached hydrogens (primary N) is 1. The van der Waals surface area contributed by atoms with Gasteiger partial charge in [0.1, 0.15) is 5.75 Å². The predicted octanol–water partition coefficient (Wildman–Crippen LogP) is 2.15. The average Bonchev–Trinajstić information content (AvgIpc) is 2.60. The number of hydrogen-bond acceptors (Lipinski definition) is 4. The van der Waals surface area contributed by atoms with Gasteiger partial charge in [-0.15, -0.1) is 0 Å². The molecule has 0 aliphatic carbocycles. The number of hydrogen-bond donors (Lipinski definition) is 2. The zero-order valence-electron chi connectivity index (χ0n) is 14.4. The minimum absolute atomic E-state index is 0.0307. The van der Waals surface area contributed by atoms with E-state index in [4.69, 9.17) is 10.5 Å². The second-order valence-electron chi connectivity index (χ2n) is 6.41. The van der Waals surface area contributed by atoms with Gasteiger partial charge in [-0.1, -0.05) is 26.3 Å². The lowest BCUT2D eigenvalue weighted by Gasteiger charge is -2.35. The number of anilines is 1. The summed E-state index contributed by atoms with van der Waals surface area (Å²) < 4.78 is 5.29. The van der Waals surface area contributed by atoms with Gasteiger partial charge in [-0.2, -0.15) is 0 Å². The van der Waals surface area contributed by atoms with Crippen LogP contribution in [-0.4, -0.2) is 38.2 Å². The number of ether oxygens (including phenoxy) is 1. The van der Waals surface area contributed by atoms with E-state index >= 15 is 0 Å². The van der Waals surface area contributed by atoms with E-state index in [1.54, 1.807) is 7.11 Å². The fourth-order valence-corrected chi connectivity index (χ4v) is 2.95. The van der Waals surface area contributed by atoms with Crippen molar-refractivity contribution in [1.29, 1.82) is 0 Å². The van der Waals surface area contributed by atoms with Gasteiger partial charge in [-0.25, -0.2) is 0 Å². The first-order valence-corrected chi connectivity index (χ1v) is 8.50. The smallest absolute Gasteiger partial charge is 0.237 e. The molecule has 1 saturated heterocycles. The van der Waals surface area contributed by atoms with E-state index in [1.807, 2.05) is 25.1 Å². The zero-order valence-corrected chi connectivity index (χ0v) is 14.4. The molecule has 0 spiro atoms. The van der Waals surface area contributed by atoms with Gasteiger partial charge < -0.3 is 20.7 Å². The number of nitrogens with zero attached hydrogens (tertiary/aromatic N) is 1. The summed E-state index contributed by atoms with van der Waals surface area (Å²) in [6.07, 6.45) is 2.97. The summed E-state index contributed by atoms with van der Waals surface area (Å²) in [5.74, 6) is 1.03. The molecule has 0 bridgehead atoms. The Morgan fingerprint density at radius 2 is 2.30 bits per heavy atom. The molecule has 1 aromatic carbocycles. The summed E-state index contributed by atoms with van der Waals surface area (Å²) in [6.45, 7) is 5.89. The molecule has 0 radical (unpaired) electrons. The molecular formula is C18H29N3O2. The first kappa shape index (κ1) is 17.6. The Morgan fingerprint density at radius 3 is 3.00 bits per heavy atom. The van der Waals surface area contributed by atoms with Crippen molar-refractivity contribution in [2.45, 2.75) is 45.2 Å². The molecule has 23 heavy (non-hydrogen) atoms. The van der Waals surface area contributed by atoms with Crippen LogP contribution in [0, 0.1) is 5.92 Å². The number of benzene rings is 1. The number of nitrogens with one attached hydrogen (secondary N) is 1. The van der Waals surface area contributed by atoms with Gasteiger partial charge in [-0.3, -0.25) is 4.79 Å². The lowest BCUT2D eigenvalue weighted by molar-refractivity contribution is -0.124. The normalized spacial score (nSPS) is 20.7. The van der Waals surface area contributed by atoms with Crippen LogP contribution >= 0.6 is 0 Å². The predicted molar refractivity (Wildman–Crippen MR) is 93.8 cm³/mol. The van der Waals surface area contributed by atoms with E-state index in [0.29, 0.717) is 0 Å². The number of carbonyl (C=O) groups is 1. The summed E-state index contributed by atoms with van der Waals surface area (Å²) in [5, 5.41) is 3.13. The maximum atomic E-state index is 12.3. The lowest BCUT2D eigenvalue weighted by Crippen LogP contribution is -2.53. The molecule has 1 amide bonds. The van der Waals surface area contributed by atoms with Gasteiger partial charge in [-0.05, 0) is 30.9 Å². The average molecular weight is 319 g/mol. The van der Waals surface area contributed by atoms with Gasteiger partial charge >= 0.3 is 0 Å². The SMILES string of the molecule is CCC(C)C(N)C(=O)NC1CCCN(c2cccc(OC)c2)C1. The number of piperidine rings is 1. The second kappa shape index (κ2) is 8.20. The van der Waals surface area contributed by atoms with Crippen molar-refractivity contribution in [3.05, 3.63) is 24.3 Å². The first-order chi connectivity index (χ1) is 11.0. The van der Waals surface area contributed by atoms with Gasteiger partial charge in [0.25, 0.3) is 0 Å². The molecule has 0 saturated carbocycles. The minimum Gasteiger partial charge on any atom is -0.497 e. The Kier molecular flexibility index (Phi) is 6.28. The molecule has 1 heterocycles. The third-order valence-electron chi connectivity index (χ3n) is 4.75. The van der Waals surface area contributed by atoms with Gasteiger partial charge in [0, 0.05) is 30.9 Å². The third-order valence-corrected chi connectivity index (χ3v) is 4.75. The van der Waals surface area contributed by atoms with Crippen molar-refractivity contribution < 1.29 is 9.53 Å². The summed E-state index contributed by atoms with van der Waals surface area (Å²) in [5.41, 5.74) is 7.16. The van der Waals surface area contributed by atoms with Crippen LogP contribution in [0.2, 0.25) is 0 Å². The topological polar surface area (TPSA) is 67.6 Å². The van der Waals surface area contributed by atoms with Crippen LogP contribution in [-0.2, 0) is 4.79 Å². The highest BCUT2D eigenvalue weighted by atomic mass is 16.5. The fraction of sp³-hybridized carbons (Fsp3) is 0.611. The van der Waals surface area contributed by atoms with E-state index in [1.165, 1.54) is 0 Å². The molecule has 1 fully saturated rings. The Labute approximate surface area is 139 Å². The van der Waals surface area contributed by atoms with Gasteiger partial charge in [0.05, 0.1) is 13.2 Å². The number of methoxy groups -OCH3 is 1. The van der Waals surface area contributed by atoms with E-state index < -0.39 is 6.04 Å². The molecule has 3 unspecified atom stereocenters. The molecule has 1 aliphatic rings. The van der Waals surface area contributed by atoms with Crippen LogP contribution in [0.25, 0.3) is 0 Å². The molecule has 2 rings (SSSR count). The van der Waals surface area contributed by atoms with E-state index in [2.05, 4.69) is 23.2 Å². The maximum absolute atomic E-state index is 12.3. The number of amides is 1. The molecule has 0 aromatic heterocycles. The number of rotatable bonds is 6. The van der Waals surface area contributed by atoms with Crippen molar-refractivity contribution in [3.63, 3.8) is 0 Å². The van der Waals surface area contributed by atoms with E-state index in [-0.39, 0.29) is 17.9 Å². The number of carbonyl (C=O) groups excluding carboxylic acids is 1. The third kappa shape index (κ3) is 4.61. The molecule has 1 aliphatic heterocycles. The Morgan fingerprint density at radius 1 is 1.52 bits per heavy atom. The Bertz CT molecular complexity index is 521. The van der Waals surface area contributed by atoms with E-state index in [9.17, 15) is 4.79 Å². The second-order valence-corrected chi connectivity index (χ2v) is 6.41. The van der Waals surface area contributed by atoms with Crippen LogP contribution in [0.4, 0.5) is 5.69 Å². The summed E-state index contributed by atoms with van der Waals surface area (Å²) in [6, 6.07) is 7.78. The summed E-state index contributed by atoms with van der Waals surface area (Å²) in [7, 11) is 1.68. The minimum atomic E-state index is -0.424. The molecule has 5 nitrogen and oxygen atoms in total. The van der Waals surface area contributed by atoms with Crippen LogP contribution in [0.15, 0.2) is 24.3 Å². The van der Waals surface area contributed by atoms with Crippen LogP contribution in [0.1, 0.15) is 33.1 Å². The molecule has 3 atom stereocenters. The fourth-order valence-electron chi connectivity index (χ4n) is 2.95. The molecule has 5 heteroatoms. The van der Waals surface area contributed by atoms with Crippen LogP contribution < -0.4 is 20.7 Å². The Hall–Kier alpha value is -1.75. The highest BCUT2D eigenvalue weighted by Crippen LogP contribution is 2.24. The van der Waals surface area contributed by atoms with Gasteiger partial charge in [0.2, 0.25) is 5.91 Å². The quantitative estimate of drug-likeness (QED) is 0.843.